The molecule has 0 aliphatic heterocycles. The molecule has 1 amide bonds. The lowest BCUT2D eigenvalue weighted by molar-refractivity contribution is -0.120. The Hall–Kier alpha value is -3.12. The second kappa shape index (κ2) is 10.0. The third-order valence-corrected chi connectivity index (χ3v) is 7.89. The van der Waals surface area contributed by atoms with Crippen molar-refractivity contribution in [1.82, 2.24) is 5.32 Å². The molecular weight excluding hydrogens is 444 g/mol. The molecule has 1 N–H and O–H groups in total. The second-order valence-corrected chi connectivity index (χ2v) is 11.6. The van der Waals surface area contributed by atoms with Crippen molar-refractivity contribution in [2.45, 2.75) is 57.9 Å². The summed E-state index contributed by atoms with van der Waals surface area (Å²) in [6.07, 6.45) is 0. The molecule has 6 heteroatoms. The van der Waals surface area contributed by atoms with Gasteiger partial charge in [0.1, 0.15) is 6.54 Å². The monoisotopic (exact) mass is 478 g/mol. The minimum absolute atomic E-state index is 0.0446. The molecule has 0 spiro atoms. The lowest BCUT2D eigenvalue weighted by Crippen LogP contribution is -2.42. The highest BCUT2D eigenvalue weighted by Crippen LogP contribution is 2.29. The van der Waals surface area contributed by atoms with Crippen LogP contribution in [0.4, 0.5) is 5.69 Å². The first-order valence-electron chi connectivity index (χ1n) is 11.4. The van der Waals surface area contributed by atoms with E-state index in [4.69, 9.17) is 0 Å². The van der Waals surface area contributed by atoms with Gasteiger partial charge in [-0.1, -0.05) is 75.4 Å². The normalized spacial score (nSPS) is 12.8. The molecule has 0 radical (unpaired) electrons. The Morgan fingerprint density at radius 2 is 1.53 bits per heavy atom. The smallest absolute Gasteiger partial charge is 0.264 e. The number of amides is 1. The summed E-state index contributed by atoms with van der Waals surface area (Å²) in [7, 11) is -3.94. The fraction of sp³-hybridized carbons (Fsp3) is 0.321. The Morgan fingerprint density at radius 3 is 2.12 bits per heavy atom. The van der Waals surface area contributed by atoms with Gasteiger partial charge in [0.2, 0.25) is 5.91 Å². The van der Waals surface area contributed by atoms with Gasteiger partial charge < -0.3 is 5.32 Å². The number of aryl methyl sites for hydroxylation is 1. The number of nitrogens with zero attached hydrogens (tertiary/aromatic N) is 1. The molecular formula is C28H34N2O3S. The number of sulfonamides is 1. The molecule has 180 valence electrons. The Kier molecular flexibility index (Phi) is 7.51. The van der Waals surface area contributed by atoms with E-state index in [1.54, 1.807) is 36.4 Å². The minimum atomic E-state index is -3.94. The van der Waals surface area contributed by atoms with Crippen LogP contribution in [-0.2, 0) is 20.2 Å². The van der Waals surface area contributed by atoms with E-state index >= 15 is 0 Å². The van der Waals surface area contributed by atoms with Crippen LogP contribution in [0.3, 0.4) is 0 Å². The zero-order valence-electron chi connectivity index (χ0n) is 20.8. The van der Waals surface area contributed by atoms with E-state index < -0.39 is 10.0 Å². The molecule has 3 rings (SSSR count). The van der Waals surface area contributed by atoms with Crippen molar-refractivity contribution < 1.29 is 13.2 Å². The molecule has 34 heavy (non-hydrogen) atoms. The van der Waals surface area contributed by atoms with Crippen LogP contribution < -0.4 is 9.62 Å². The predicted molar refractivity (Wildman–Crippen MR) is 139 cm³/mol. The summed E-state index contributed by atoms with van der Waals surface area (Å²) in [6.45, 7) is 11.8. The van der Waals surface area contributed by atoms with E-state index in [1.807, 2.05) is 45.0 Å². The number of carbonyl (C=O) groups excluding carboxylic acids is 1. The number of hydrogen-bond acceptors (Lipinski definition) is 3. The highest BCUT2D eigenvalue weighted by molar-refractivity contribution is 7.92. The van der Waals surface area contributed by atoms with Gasteiger partial charge in [-0.15, -0.1) is 0 Å². The molecule has 0 bridgehead atoms. The summed E-state index contributed by atoms with van der Waals surface area (Å²) in [5, 5.41) is 2.97. The van der Waals surface area contributed by atoms with Crippen molar-refractivity contribution in [2.24, 2.45) is 0 Å². The van der Waals surface area contributed by atoms with Crippen molar-refractivity contribution in [3.63, 3.8) is 0 Å². The highest BCUT2D eigenvalue weighted by Gasteiger charge is 2.29. The standard InChI is InChI=1S/C28H34N2O3S/c1-20-11-10-14-26(21(20)2)30(34(32,33)25-12-8-7-9-13-25)19-27(31)29-22(3)23-15-17-24(18-16-23)28(4,5)6/h7-18,22H,19H2,1-6H3,(H,29,31)/t22-/m1/s1. The molecule has 1 atom stereocenters. The van der Waals surface area contributed by atoms with Crippen molar-refractivity contribution in [1.29, 1.82) is 0 Å². The largest absolute Gasteiger partial charge is 0.348 e. The summed E-state index contributed by atoms with van der Waals surface area (Å²) in [4.78, 5) is 13.2. The summed E-state index contributed by atoms with van der Waals surface area (Å²) >= 11 is 0. The van der Waals surface area contributed by atoms with E-state index in [-0.39, 0.29) is 28.8 Å². The summed E-state index contributed by atoms with van der Waals surface area (Å²) in [5.74, 6) is -0.368. The Balaban J connectivity index is 1.88. The molecule has 3 aromatic rings. The zero-order valence-corrected chi connectivity index (χ0v) is 21.6. The fourth-order valence-corrected chi connectivity index (χ4v) is 5.30. The lowest BCUT2D eigenvalue weighted by Gasteiger charge is -2.27. The van der Waals surface area contributed by atoms with Crippen LogP contribution in [0.15, 0.2) is 77.7 Å². The van der Waals surface area contributed by atoms with Crippen LogP contribution in [0.25, 0.3) is 0 Å². The first-order chi connectivity index (χ1) is 15.9. The Labute approximate surface area is 203 Å². The van der Waals surface area contributed by atoms with E-state index in [9.17, 15) is 13.2 Å². The van der Waals surface area contributed by atoms with E-state index in [1.165, 1.54) is 9.87 Å². The Bertz CT molecular complexity index is 1250. The first-order valence-corrected chi connectivity index (χ1v) is 12.9. The van der Waals surface area contributed by atoms with E-state index in [0.717, 1.165) is 16.7 Å². The first kappa shape index (κ1) is 25.5. The van der Waals surface area contributed by atoms with Crippen molar-refractivity contribution in [3.8, 4) is 0 Å². The average molecular weight is 479 g/mol. The fourth-order valence-electron chi connectivity index (χ4n) is 3.80. The van der Waals surface area contributed by atoms with Gasteiger partial charge in [-0.05, 0) is 66.6 Å². The molecule has 0 fully saturated rings. The minimum Gasteiger partial charge on any atom is -0.348 e. The highest BCUT2D eigenvalue weighted by atomic mass is 32.2. The quantitative estimate of drug-likeness (QED) is 0.475. The second-order valence-electron chi connectivity index (χ2n) is 9.70. The maximum Gasteiger partial charge on any atom is 0.264 e. The van der Waals surface area contributed by atoms with Crippen LogP contribution in [-0.4, -0.2) is 20.9 Å². The summed E-state index contributed by atoms with van der Waals surface area (Å²) in [5.41, 5.74) is 4.50. The molecule has 0 unspecified atom stereocenters. The molecule has 0 saturated heterocycles. The van der Waals surface area contributed by atoms with Gasteiger partial charge >= 0.3 is 0 Å². The SMILES string of the molecule is Cc1cccc(N(CC(=O)N[C@H](C)c2ccc(C(C)(C)C)cc2)S(=O)(=O)c2ccccc2)c1C. The van der Waals surface area contributed by atoms with Gasteiger partial charge in [0.25, 0.3) is 10.0 Å². The van der Waals surface area contributed by atoms with Gasteiger partial charge in [-0.2, -0.15) is 0 Å². The number of anilines is 1. The number of carbonyl (C=O) groups is 1. The van der Waals surface area contributed by atoms with Crippen molar-refractivity contribution in [2.75, 3.05) is 10.8 Å². The summed E-state index contributed by atoms with van der Waals surface area (Å²) in [6, 6.07) is 21.6. The lowest BCUT2D eigenvalue weighted by atomic mass is 9.86. The molecule has 0 heterocycles. The maximum absolute atomic E-state index is 13.6. The van der Waals surface area contributed by atoms with Gasteiger partial charge in [0.05, 0.1) is 16.6 Å². The maximum atomic E-state index is 13.6. The van der Waals surface area contributed by atoms with Crippen molar-refractivity contribution in [3.05, 3.63) is 95.1 Å². The molecule has 0 aliphatic rings. The molecule has 5 nitrogen and oxygen atoms in total. The molecule has 3 aromatic carbocycles. The van der Waals surface area contributed by atoms with Crippen molar-refractivity contribution >= 4 is 21.6 Å². The number of benzene rings is 3. The van der Waals surface area contributed by atoms with Gasteiger partial charge in [0, 0.05) is 0 Å². The third kappa shape index (κ3) is 5.68. The molecule has 0 saturated carbocycles. The van der Waals surface area contributed by atoms with Gasteiger partial charge in [0.15, 0.2) is 0 Å². The molecule has 0 aliphatic carbocycles. The number of hydrogen-bond donors (Lipinski definition) is 1. The molecule has 0 aromatic heterocycles. The van der Waals surface area contributed by atoms with Gasteiger partial charge in [-0.3, -0.25) is 9.10 Å². The van der Waals surface area contributed by atoms with Gasteiger partial charge in [-0.25, -0.2) is 8.42 Å². The van der Waals surface area contributed by atoms with Crippen LogP contribution >= 0.6 is 0 Å². The predicted octanol–water partition coefficient (Wildman–Crippen LogP) is 5.67. The third-order valence-electron chi connectivity index (χ3n) is 6.12. The van der Waals surface area contributed by atoms with E-state index in [0.29, 0.717) is 5.69 Å². The van der Waals surface area contributed by atoms with Crippen LogP contribution in [0, 0.1) is 13.8 Å². The average Bonchev–Trinajstić information content (AvgIpc) is 2.79. The van der Waals surface area contributed by atoms with Crippen LogP contribution in [0.2, 0.25) is 0 Å². The topological polar surface area (TPSA) is 66.5 Å². The number of rotatable bonds is 7. The van der Waals surface area contributed by atoms with Crippen LogP contribution in [0.5, 0.6) is 0 Å². The zero-order chi connectivity index (χ0) is 25.1. The van der Waals surface area contributed by atoms with Crippen LogP contribution in [0.1, 0.15) is 56.0 Å². The summed E-state index contributed by atoms with van der Waals surface area (Å²) < 4.78 is 28.3. The van der Waals surface area contributed by atoms with E-state index in [2.05, 4.69) is 38.2 Å². The number of nitrogens with one attached hydrogen (secondary N) is 1. The Morgan fingerprint density at radius 1 is 0.912 bits per heavy atom.